The Morgan fingerprint density at radius 1 is 1.14 bits per heavy atom. The molecule has 0 aliphatic carbocycles. The molecule has 1 amide bonds. The average Bonchev–Trinajstić information content (AvgIpc) is 3.26. The van der Waals surface area contributed by atoms with Gasteiger partial charge in [-0.15, -0.1) is 0 Å². The molecule has 1 saturated heterocycles. The summed E-state index contributed by atoms with van der Waals surface area (Å²) in [6.45, 7) is 4.01. The Morgan fingerprint density at radius 2 is 1.89 bits per heavy atom. The van der Waals surface area contributed by atoms with E-state index in [-0.39, 0.29) is 23.2 Å². The van der Waals surface area contributed by atoms with E-state index in [9.17, 15) is 13.6 Å². The van der Waals surface area contributed by atoms with Gasteiger partial charge in [-0.3, -0.25) is 9.79 Å². The number of carbonyl (C=O) groups excluding carboxylic acids is 1. The summed E-state index contributed by atoms with van der Waals surface area (Å²) >= 11 is 0. The van der Waals surface area contributed by atoms with Crippen molar-refractivity contribution in [3.63, 3.8) is 0 Å². The van der Waals surface area contributed by atoms with Gasteiger partial charge in [0.15, 0.2) is 0 Å². The normalized spacial score (nSPS) is 17.6. The number of ether oxygens (including phenoxy) is 1. The zero-order valence-corrected chi connectivity index (χ0v) is 20.0. The van der Waals surface area contributed by atoms with Crippen molar-refractivity contribution in [1.29, 1.82) is 0 Å². The van der Waals surface area contributed by atoms with Crippen LogP contribution in [0.4, 0.5) is 8.78 Å². The first-order chi connectivity index (χ1) is 17.4. The summed E-state index contributed by atoms with van der Waals surface area (Å²) in [5.74, 6) is -1.11. The van der Waals surface area contributed by atoms with Gasteiger partial charge < -0.3 is 15.0 Å². The number of nitrogens with zero attached hydrogens (tertiary/aromatic N) is 4. The van der Waals surface area contributed by atoms with Gasteiger partial charge in [0.2, 0.25) is 5.82 Å². The van der Waals surface area contributed by atoms with Gasteiger partial charge in [0.05, 0.1) is 12.1 Å². The number of carbonyl (C=O) groups is 1. The number of hydrogen-bond acceptors (Lipinski definition) is 6. The number of fused-ring (bicyclic) bond motifs is 1. The van der Waals surface area contributed by atoms with E-state index in [0.29, 0.717) is 19.7 Å². The van der Waals surface area contributed by atoms with Crippen molar-refractivity contribution in [3.8, 4) is 16.9 Å². The Morgan fingerprint density at radius 3 is 2.64 bits per heavy atom. The molecule has 3 heterocycles. The average molecular weight is 492 g/mol. The summed E-state index contributed by atoms with van der Waals surface area (Å²) in [6, 6.07) is 13.9. The first-order valence-electron chi connectivity index (χ1n) is 12.0. The smallest absolute Gasteiger partial charge is 0.289 e. The molecule has 0 unspecified atom stereocenters. The van der Waals surface area contributed by atoms with Gasteiger partial charge in [-0.2, -0.15) is 0 Å². The number of aromatic nitrogens is 2. The van der Waals surface area contributed by atoms with E-state index in [0.717, 1.165) is 54.7 Å². The van der Waals surface area contributed by atoms with Crippen molar-refractivity contribution in [2.24, 2.45) is 10.9 Å². The lowest BCUT2D eigenvalue weighted by Gasteiger charge is -2.22. The van der Waals surface area contributed by atoms with Gasteiger partial charge in [0.1, 0.15) is 18.2 Å². The highest BCUT2D eigenvalue weighted by molar-refractivity contribution is 6.02. The number of benzene rings is 2. The topological polar surface area (TPSA) is 79.7 Å². The zero-order valence-electron chi connectivity index (χ0n) is 20.0. The van der Waals surface area contributed by atoms with Crippen molar-refractivity contribution in [2.75, 3.05) is 32.8 Å². The van der Waals surface area contributed by atoms with Crippen molar-refractivity contribution < 1.29 is 18.3 Å². The van der Waals surface area contributed by atoms with E-state index in [1.165, 1.54) is 12.1 Å². The van der Waals surface area contributed by atoms with Gasteiger partial charge in [0, 0.05) is 44.5 Å². The Balaban J connectivity index is 1.31. The Hall–Kier alpha value is -3.88. The Kier molecular flexibility index (Phi) is 6.63. The summed E-state index contributed by atoms with van der Waals surface area (Å²) in [4.78, 5) is 27.3. The van der Waals surface area contributed by atoms with Crippen molar-refractivity contribution in [1.82, 2.24) is 20.2 Å². The van der Waals surface area contributed by atoms with E-state index in [2.05, 4.69) is 20.2 Å². The summed E-state index contributed by atoms with van der Waals surface area (Å²) in [7, 11) is 0. The van der Waals surface area contributed by atoms with Crippen LogP contribution in [0, 0.1) is 5.92 Å². The van der Waals surface area contributed by atoms with Crippen LogP contribution in [0.25, 0.3) is 11.1 Å². The molecule has 7 nitrogen and oxygen atoms in total. The minimum atomic E-state index is -2.88. The SMILES string of the molecule is CC(F)(F)c1ccc(-c2ccc3c(c2)C(N2CC[C@@H](CNC(=O)c4ncccn4)C2)=NCCO3)cc1. The van der Waals surface area contributed by atoms with E-state index in [4.69, 9.17) is 9.73 Å². The quantitative estimate of drug-likeness (QED) is 0.580. The van der Waals surface area contributed by atoms with Crippen molar-refractivity contribution in [2.45, 2.75) is 19.3 Å². The zero-order chi connectivity index (χ0) is 25.1. The second-order valence-electron chi connectivity index (χ2n) is 9.11. The molecule has 3 aromatic rings. The van der Waals surface area contributed by atoms with Crippen LogP contribution in [0.15, 0.2) is 65.9 Å². The summed E-state index contributed by atoms with van der Waals surface area (Å²) in [5.41, 5.74) is 2.63. The van der Waals surface area contributed by atoms with Crippen LogP contribution in [0.1, 0.15) is 35.1 Å². The number of halogens is 2. The molecular weight excluding hydrogens is 464 g/mol. The van der Waals surface area contributed by atoms with Crippen molar-refractivity contribution in [3.05, 3.63) is 77.9 Å². The van der Waals surface area contributed by atoms with E-state index in [1.807, 2.05) is 18.2 Å². The van der Waals surface area contributed by atoms with Gasteiger partial charge in [-0.05, 0) is 41.7 Å². The minimum absolute atomic E-state index is 0.0133. The molecule has 1 atom stereocenters. The fourth-order valence-electron chi connectivity index (χ4n) is 4.55. The summed E-state index contributed by atoms with van der Waals surface area (Å²) in [6.07, 6.45) is 4.01. The molecule has 5 rings (SSSR count). The van der Waals surface area contributed by atoms with Crippen LogP contribution < -0.4 is 10.1 Å². The van der Waals surface area contributed by atoms with Crippen LogP contribution in [-0.2, 0) is 5.92 Å². The highest BCUT2D eigenvalue weighted by Gasteiger charge is 2.29. The third kappa shape index (κ3) is 5.19. The van der Waals surface area contributed by atoms with Gasteiger partial charge in [-0.1, -0.05) is 30.3 Å². The molecule has 2 aliphatic heterocycles. The van der Waals surface area contributed by atoms with Crippen LogP contribution in [0.5, 0.6) is 5.75 Å². The maximum absolute atomic E-state index is 13.6. The Labute approximate surface area is 208 Å². The standard InChI is InChI=1S/C27H27F2N5O2/c1-27(28,29)21-6-3-19(4-7-21)20-5-8-23-22(15-20)25(32-12-14-36-23)34-13-9-18(17-34)16-33-26(35)24-30-10-2-11-31-24/h2-8,10-11,15,18H,9,12-14,16-17H2,1H3,(H,33,35)/t18-/m0/s1. The lowest BCUT2D eigenvalue weighted by atomic mass is 9.99. The van der Waals surface area contributed by atoms with Crippen LogP contribution >= 0.6 is 0 Å². The maximum Gasteiger partial charge on any atom is 0.289 e. The number of rotatable bonds is 5. The molecular formula is C27H27F2N5O2. The number of hydrogen-bond donors (Lipinski definition) is 1. The molecule has 0 bridgehead atoms. The van der Waals surface area contributed by atoms with E-state index < -0.39 is 5.92 Å². The fourth-order valence-corrected chi connectivity index (χ4v) is 4.55. The lowest BCUT2D eigenvalue weighted by Crippen LogP contribution is -2.34. The molecule has 1 aromatic heterocycles. The molecule has 0 saturated carbocycles. The number of amides is 1. The second-order valence-corrected chi connectivity index (χ2v) is 9.11. The Bertz CT molecular complexity index is 1260. The summed E-state index contributed by atoms with van der Waals surface area (Å²) in [5, 5.41) is 2.93. The number of amidine groups is 1. The molecule has 186 valence electrons. The largest absolute Gasteiger partial charge is 0.491 e. The lowest BCUT2D eigenvalue weighted by molar-refractivity contribution is 0.0175. The first kappa shape index (κ1) is 23.8. The molecule has 2 aliphatic rings. The number of nitrogens with one attached hydrogen (secondary N) is 1. The second kappa shape index (κ2) is 10.0. The highest BCUT2D eigenvalue weighted by Crippen LogP contribution is 2.33. The molecule has 0 spiro atoms. The monoisotopic (exact) mass is 491 g/mol. The van der Waals surface area contributed by atoms with Gasteiger partial charge in [-0.25, -0.2) is 18.7 Å². The third-order valence-electron chi connectivity index (χ3n) is 6.46. The number of aliphatic imine (C=N–C) groups is 1. The summed E-state index contributed by atoms with van der Waals surface area (Å²) < 4.78 is 33.2. The van der Waals surface area contributed by atoms with Gasteiger partial charge in [0.25, 0.3) is 11.8 Å². The number of alkyl halides is 2. The number of likely N-dealkylation sites (tertiary alicyclic amines) is 1. The third-order valence-corrected chi connectivity index (χ3v) is 6.46. The minimum Gasteiger partial charge on any atom is -0.491 e. The fraction of sp³-hybridized carbons (Fsp3) is 0.333. The molecule has 0 radical (unpaired) electrons. The predicted molar refractivity (Wildman–Crippen MR) is 132 cm³/mol. The predicted octanol–water partition coefficient (Wildman–Crippen LogP) is 4.15. The maximum atomic E-state index is 13.6. The van der Waals surface area contributed by atoms with Crippen LogP contribution in [0.3, 0.4) is 0 Å². The van der Waals surface area contributed by atoms with Crippen LogP contribution in [0.2, 0.25) is 0 Å². The molecule has 36 heavy (non-hydrogen) atoms. The van der Waals surface area contributed by atoms with Crippen molar-refractivity contribution >= 4 is 11.7 Å². The molecule has 2 aromatic carbocycles. The van der Waals surface area contributed by atoms with E-state index in [1.54, 1.807) is 30.6 Å². The van der Waals surface area contributed by atoms with E-state index >= 15 is 0 Å². The molecule has 9 heteroatoms. The van der Waals surface area contributed by atoms with Crippen LogP contribution in [-0.4, -0.2) is 59.4 Å². The first-order valence-corrected chi connectivity index (χ1v) is 12.0. The highest BCUT2D eigenvalue weighted by atomic mass is 19.3. The molecule has 1 fully saturated rings. The van der Waals surface area contributed by atoms with Gasteiger partial charge >= 0.3 is 0 Å². The molecule has 1 N–H and O–H groups in total.